The maximum Gasteiger partial charge on any atom is 0.185 e. The number of thiazole rings is 1. The van der Waals surface area contributed by atoms with Crippen LogP contribution in [0.3, 0.4) is 0 Å². The number of halogens is 1. The summed E-state index contributed by atoms with van der Waals surface area (Å²) in [6.07, 6.45) is 3.72. The molecule has 22 heavy (non-hydrogen) atoms. The van der Waals surface area contributed by atoms with Crippen LogP contribution in [0, 0.1) is 0 Å². The third-order valence-electron chi connectivity index (χ3n) is 4.19. The number of fused-ring (bicyclic) bond motifs is 1. The van der Waals surface area contributed by atoms with E-state index in [2.05, 4.69) is 21.3 Å². The molecule has 1 saturated heterocycles. The van der Waals surface area contributed by atoms with Crippen molar-refractivity contribution >= 4 is 40.4 Å². The van der Waals surface area contributed by atoms with Crippen molar-refractivity contribution in [3.8, 4) is 0 Å². The second-order valence-electron chi connectivity index (χ2n) is 5.50. The number of aromatic nitrogens is 1. The molecule has 0 amide bonds. The van der Waals surface area contributed by atoms with Crippen LogP contribution in [-0.4, -0.2) is 29.6 Å². The number of anilines is 2. The molecule has 0 unspecified atom stereocenters. The summed E-state index contributed by atoms with van der Waals surface area (Å²) in [6.45, 7) is 1.89. The summed E-state index contributed by atoms with van der Waals surface area (Å²) >= 11 is 1.69. The fourth-order valence-corrected chi connectivity index (χ4v) is 3.76. The van der Waals surface area contributed by atoms with Crippen LogP contribution in [-0.2, 0) is 0 Å². The molecular weight excluding hydrogens is 318 g/mol. The maximum absolute atomic E-state index is 6.17. The average Bonchev–Trinajstić information content (AvgIpc) is 3.02. The number of hydrogen-bond acceptors (Lipinski definition) is 6. The molecule has 2 aliphatic heterocycles. The molecule has 2 aliphatic rings. The smallest absolute Gasteiger partial charge is 0.185 e. The highest BCUT2D eigenvalue weighted by Crippen LogP contribution is 2.35. The molecule has 0 saturated carbocycles. The maximum atomic E-state index is 6.17. The number of rotatable bonds is 1. The van der Waals surface area contributed by atoms with Crippen LogP contribution in [0.1, 0.15) is 18.4 Å². The fraction of sp³-hybridized carbons (Fsp3) is 0.333. The number of benzene rings is 1. The molecule has 116 valence electrons. The number of nitrogens with two attached hydrogens (primary N) is 1. The number of nitrogens with zero attached hydrogens (tertiary/aromatic N) is 3. The Morgan fingerprint density at radius 2 is 2.00 bits per heavy atom. The Morgan fingerprint density at radius 1 is 1.23 bits per heavy atom. The van der Waals surface area contributed by atoms with Gasteiger partial charge < -0.3 is 16.0 Å². The minimum Gasteiger partial charge on any atom is -0.383 e. The van der Waals surface area contributed by atoms with E-state index in [9.17, 15) is 0 Å². The van der Waals surface area contributed by atoms with Crippen LogP contribution in [0.25, 0.3) is 0 Å². The van der Waals surface area contributed by atoms with E-state index in [0.29, 0.717) is 5.84 Å². The van der Waals surface area contributed by atoms with Gasteiger partial charge in [-0.2, -0.15) is 0 Å². The molecule has 2 aromatic rings. The molecule has 3 heterocycles. The van der Waals surface area contributed by atoms with Crippen molar-refractivity contribution in [1.29, 1.82) is 0 Å². The van der Waals surface area contributed by atoms with Crippen molar-refractivity contribution < 1.29 is 0 Å². The van der Waals surface area contributed by atoms with Crippen LogP contribution in [0.4, 0.5) is 10.8 Å². The summed E-state index contributed by atoms with van der Waals surface area (Å²) in [7, 11) is 0. The molecule has 4 rings (SSSR count). The van der Waals surface area contributed by atoms with Gasteiger partial charge in [-0.25, -0.2) is 9.98 Å². The molecule has 0 bridgehead atoms. The molecule has 0 aliphatic carbocycles. The summed E-state index contributed by atoms with van der Waals surface area (Å²) in [5, 5.41) is 6.71. The zero-order valence-electron chi connectivity index (χ0n) is 12.0. The zero-order valence-corrected chi connectivity index (χ0v) is 13.7. The lowest BCUT2D eigenvalue weighted by Crippen LogP contribution is -2.51. The number of amidine groups is 1. The van der Waals surface area contributed by atoms with Gasteiger partial charge in [-0.05, 0) is 12.1 Å². The topological polar surface area (TPSA) is 66.5 Å². The first-order chi connectivity index (χ1) is 10.3. The van der Waals surface area contributed by atoms with Crippen LogP contribution < -0.4 is 16.0 Å². The van der Waals surface area contributed by atoms with Crippen molar-refractivity contribution in [3.05, 3.63) is 41.4 Å². The van der Waals surface area contributed by atoms with E-state index >= 15 is 0 Å². The minimum atomic E-state index is -0.258. The predicted octanol–water partition coefficient (Wildman–Crippen LogP) is 2.69. The summed E-state index contributed by atoms with van der Waals surface area (Å²) in [4.78, 5) is 11.5. The van der Waals surface area contributed by atoms with Crippen molar-refractivity contribution in [2.24, 2.45) is 10.7 Å². The van der Waals surface area contributed by atoms with Crippen LogP contribution in [0.15, 0.2) is 40.8 Å². The lowest BCUT2D eigenvalue weighted by Gasteiger charge is -2.42. The highest BCUT2D eigenvalue weighted by atomic mass is 35.5. The first kappa shape index (κ1) is 15.1. The Hall–Kier alpha value is -1.79. The van der Waals surface area contributed by atoms with Crippen LogP contribution in [0.2, 0.25) is 0 Å². The molecule has 7 heteroatoms. The number of para-hydroxylation sites is 1. The Balaban J connectivity index is 0.00000144. The molecular formula is C15H18ClN5S. The van der Waals surface area contributed by atoms with E-state index in [1.807, 2.05) is 29.8 Å². The Bertz CT molecular complexity index is 677. The minimum absolute atomic E-state index is 0. The van der Waals surface area contributed by atoms with Gasteiger partial charge in [0, 0.05) is 48.8 Å². The fourth-order valence-electron chi connectivity index (χ4n) is 3.06. The van der Waals surface area contributed by atoms with Gasteiger partial charge in [0.1, 0.15) is 11.5 Å². The summed E-state index contributed by atoms with van der Waals surface area (Å²) in [5.74, 6) is 0.645. The highest BCUT2D eigenvalue weighted by Gasteiger charge is 2.38. The molecule has 5 nitrogen and oxygen atoms in total. The third kappa shape index (κ3) is 2.53. The van der Waals surface area contributed by atoms with Gasteiger partial charge in [0.15, 0.2) is 5.13 Å². The molecule has 1 spiro atoms. The predicted molar refractivity (Wildman–Crippen MR) is 94.3 cm³/mol. The standard InChI is InChI=1S/C15H17N5S.ClH/c16-13-11-3-1-2-4-12(11)18-15(19-13)5-8-20(9-6-15)14-17-7-10-21-14;/h1-4,7,10,18H,5-6,8-9H2,(H2,16,19);1H. The largest absolute Gasteiger partial charge is 0.383 e. The van der Waals surface area contributed by atoms with Crippen molar-refractivity contribution in [1.82, 2.24) is 4.98 Å². The summed E-state index contributed by atoms with van der Waals surface area (Å²) in [6, 6.07) is 8.11. The second kappa shape index (κ2) is 5.78. The van der Waals surface area contributed by atoms with Gasteiger partial charge in [-0.1, -0.05) is 12.1 Å². The van der Waals surface area contributed by atoms with Gasteiger partial charge in [-0.15, -0.1) is 23.7 Å². The van der Waals surface area contributed by atoms with E-state index in [-0.39, 0.29) is 18.1 Å². The van der Waals surface area contributed by atoms with E-state index < -0.39 is 0 Å². The number of hydrogen-bond donors (Lipinski definition) is 2. The monoisotopic (exact) mass is 335 g/mol. The molecule has 1 aromatic heterocycles. The first-order valence-electron chi connectivity index (χ1n) is 7.13. The normalized spacial score (nSPS) is 18.9. The van der Waals surface area contributed by atoms with E-state index in [4.69, 9.17) is 10.7 Å². The van der Waals surface area contributed by atoms with Gasteiger partial charge in [0.05, 0.1) is 0 Å². The van der Waals surface area contributed by atoms with E-state index in [0.717, 1.165) is 42.3 Å². The van der Waals surface area contributed by atoms with E-state index in [1.54, 1.807) is 11.3 Å². The Kier molecular flexibility index (Phi) is 3.97. The van der Waals surface area contributed by atoms with Gasteiger partial charge in [-0.3, -0.25) is 0 Å². The number of nitrogens with one attached hydrogen (secondary N) is 1. The molecule has 0 atom stereocenters. The van der Waals surface area contributed by atoms with Crippen LogP contribution >= 0.6 is 23.7 Å². The second-order valence-corrected chi connectivity index (χ2v) is 6.37. The number of piperidine rings is 1. The summed E-state index contributed by atoms with van der Waals surface area (Å²) < 4.78 is 0. The first-order valence-corrected chi connectivity index (χ1v) is 8.01. The summed E-state index contributed by atoms with van der Waals surface area (Å²) in [5.41, 5.74) is 8.01. The van der Waals surface area contributed by atoms with Crippen LogP contribution in [0.5, 0.6) is 0 Å². The van der Waals surface area contributed by atoms with Gasteiger partial charge in [0.2, 0.25) is 0 Å². The van der Waals surface area contributed by atoms with Crippen molar-refractivity contribution in [2.45, 2.75) is 18.5 Å². The molecule has 0 radical (unpaired) electrons. The third-order valence-corrected chi connectivity index (χ3v) is 5.02. The highest BCUT2D eigenvalue weighted by molar-refractivity contribution is 7.13. The SMILES string of the molecule is Cl.NC1=NC2(CCN(c3nccs3)CC2)Nc2ccccc21. The molecule has 1 fully saturated rings. The van der Waals surface area contributed by atoms with Gasteiger partial charge in [0.25, 0.3) is 0 Å². The molecule has 3 N–H and O–H groups in total. The van der Waals surface area contributed by atoms with Gasteiger partial charge >= 0.3 is 0 Å². The Morgan fingerprint density at radius 3 is 2.73 bits per heavy atom. The lowest BCUT2D eigenvalue weighted by molar-refractivity contribution is 0.376. The Labute approximate surface area is 139 Å². The van der Waals surface area contributed by atoms with Crippen molar-refractivity contribution in [3.63, 3.8) is 0 Å². The molecule has 1 aromatic carbocycles. The van der Waals surface area contributed by atoms with Crippen molar-refractivity contribution in [2.75, 3.05) is 23.3 Å². The van der Waals surface area contributed by atoms with E-state index in [1.165, 1.54) is 0 Å². The number of aliphatic imine (C=N–C) groups is 1. The quantitative estimate of drug-likeness (QED) is 0.841. The lowest BCUT2D eigenvalue weighted by atomic mass is 9.94. The average molecular weight is 336 g/mol. The zero-order chi connectivity index (χ0) is 14.3.